The number of carbonyl (C=O) groups excluding carboxylic acids is 1. The van der Waals surface area contributed by atoms with Crippen LogP contribution in [0.2, 0.25) is 0 Å². The van der Waals surface area contributed by atoms with Gasteiger partial charge < -0.3 is 10.2 Å². The molecule has 1 amide bonds. The zero-order chi connectivity index (χ0) is 25.4. The van der Waals surface area contributed by atoms with Gasteiger partial charge in [-0.1, -0.05) is 38.0 Å². The van der Waals surface area contributed by atoms with Gasteiger partial charge in [0.05, 0.1) is 16.9 Å². The van der Waals surface area contributed by atoms with Crippen molar-refractivity contribution in [2.45, 2.75) is 76.8 Å². The average molecular weight is 497 g/mol. The lowest BCUT2D eigenvalue weighted by Crippen LogP contribution is -2.34. The normalized spacial score (nSPS) is 16.1. The molecule has 0 unspecified atom stereocenters. The SMILES string of the molecule is CCCC[C@@H](F)[C@H](F)C(=O)Nc1ccc(CCc2ccc(C(F)(F)F)cc2)cc1N1CCCCC1. The number of benzene rings is 2. The molecule has 1 fully saturated rings. The third-order valence-electron chi connectivity index (χ3n) is 6.40. The Kier molecular flexibility index (Phi) is 9.52. The standard InChI is InChI=1S/C27H33F5N2O/c1-2-3-7-22(28)25(29)26(35)33-23-15-12-20(18-24(23)34-16-5-4-6-17-34)9-8-19-10-13-21(14-11-19)27(30,31)32/h10-15,18,22,25H,2-9,16-17H2,1H3,(H,33,35)/t22-,25+/m1/s1. The lowest BCUT2D eigenvalue weighted by molar-refractivity contribution is -0.137. The summed E-state index contributed by atoms with van der Waals surface area (Å²) in [6, 6.07) is 10.6. The first kappa shape index (κ1) is 27.0. The van der Waals surface area contributed by atoms with E-state index < -0.39 is 30.0 Å². The average Bonchev–Trinajstić information content (AvgIpc) is 2.86. The lowest BCUT2D eigenvalue weighted by atomic mass is 10.0. The van der Waals surface area contributed by atoms with Gasteiger partial charge in [0, 0.05) is 13.1 Å². The number of rotatable bonds is 10. The maximum atomic E-state index is 14.4. The van der Waals surface area contributed by atoms with Gasteiger partial charge in [-0.15, -0.1) is 0 Å². The van der Waals surface area contributed by atoms with Crippen molar-refractivity contribution < 1.29 is 26.7 Å². The van der Waals surface area contributed by atoms with Gasteiger partial charge in [0.15, 0.2) is 0 Å². The van der Waals surface area contributed by atoms with Crippen molar-refractivity contribution >= 4 is 17.3 Å². The van der Waals surface area contributed by atoms with Crippen molar-refractivity contribution in [1.82, 2.24) is 0 Å². The molecule has 1 heterocycles. The number of piperidine rings is 1. The molecule has 35 heavy (non-hydrogen) atoms. The first-order valence-corrected chi connectivity index (χ1v) is 12.3. The number of aryl methyl sites for hydroxylation is 2. The highest BCUT2D eigenvalue weighted by Crippen LogP contribution is 2.32. The molecule has 3 nitrogen and oxygen atoms in total. The van der Waals surface area contributed by atoms with Crippen LogP contribution in [-0.4, -0.2) is 31.3 Å². The number of alkyl halides is 5. The Balaban J connectivity index is 1.73. The van der Waals surface area contributed by atoms with Crippen LogP contribution in [0.15, 0.2) is 42.5 Å². The molecule has 0 spiro atoms. The zero-order valence-electron chi connectivity index (χ0n) is 20.0. The maximum absolute atomic E-state index is 14.4. The van der Waals surface area contributed by atoms with Crippen molar-refractivity contribution in [3.8, 4) is 0 Å². The summed E-state index contributed by atoms with van der Waals surface area (Å²) < 4.78 is 66.9. The highest BCUT2D eigenvalue weighted by atomic mass is 19.4. The van der Waals surface area contributed by atoms with Crippen molar-refractivity contribution in [2.24, 2.45) is 0 Å². The Morgan fingerprint density at radius 3 is 2.23 bits per heavy atom. The van der Waals surface area contributed by atoms with E-state index in [1.54, 1.807) is 6.07 Å². The predicted molar refractivity (Wildman–Crippen MR) is 129 cm³/mol. The molecule has 3 rings (SSSR count). The van der Waals surface area contributed by atoms with Crippen LogP contribution in [0, 0.1) is 0 Å². The summed E-state index contributed by atoms with van der Waals surface area (Å²) in [6.45, 7) is 3.48. The van der Waals surface area contributed by atoms with Gasteiger partial charge in [-0.05, 0) is 73.9 Å². The predicted octanol–water partition coefficient (Wildman–Crippen LogP) is 7.29. The number of amides is 1. The highest BCUT2D eigenvalue weighted by molar-refractivity contribution is 5.97. The summed E-state index contributed by atoms with van der Waals surface area (Å²) in [4.78, 5) is 14.6. The summed E-state index contributed by atoms with van der Waals surface area (Å²) in [6.07, 6.45) is -2.93. The Labute approximate surface area is 203 Å². The van der Waals surface area contributed by atoms with Crippen LogP contribution in [0.4, 0.5) is 33.3 Å². The molecule has 1 aliphatic rings. The molecule has 0 bridgehead atoms. The molecule has 2 aromatic rings. The summed E-state index contributed by atoms with van der Waals surface area (Å²) >= 11 is 0. The molecule has 1 aliphatic heterocycles. The van der Waals surface area contributed by atoms with Crippen LogP contribution in [0.5, 0.6) is 0 Å². The van der Waals surface area contributed by atoms with Crippen LogP contribution in [0.1, 0.15) is 62.1 Å². The Morgan fingerprint density at radius 2 is 1.60 bits per heavy atom. The van der Waals surface area contributed by atoms with E-state index in [1.165, 1.54) is 12.1 Å². The van der Waals surface area contributed by atoms with E-state index in [0.717, 1.165) is 67.7 Å². The smallest absolute Gasteiger partial charge is 0.370 e. The van der Waals surface area contributed by atoms with Crippen LogP contribution in [0.3, 0.4) is 0 Å². The molecule has 0 aliphatic carbocycles. The number of nitrogens with zero attached hydrogens (tertiary/aromatic N) is 1. The Hall–Kier alpha value is -2.64. The van der Waals surface area contributed by atoms with Gasteiger partial charge >= 0.3 is 6.18 Å². The highest BCUT2D eigenvalue weighted by Gasteiger charge is 2.30. The third kappa shape index (κ3) is 7.67. The topological polar surface area (TPSA) is 32.3 Å². The van der Waals surface area contributed by atoms with Crippen LogP contribution < -0.4 is 10.2 Å². The van der Waals surface area contributed by atoms with E-state index in [4.69, 9.17) is 0 Å². The molecule has 2 aromatic carbocycles. The summed E-state index contributed by atoms with van der Waals surface area (Å²) in [7, 11) is 0. The fourth-order valence-corrected chi connectivity index (χ4v) is 4.30. The fraction of sp³-hybridized carbons (Fsp3) is 0.519. The van der Waals surface area contributed by atoms with Crippen LogP contribution >= 0.6 is 0 Å². The molecule has 0 saturated carbocycles. The largest absolute Gasteiger partial charge is 0.416 e. The van der Waals surface area contributed by atoms with Crippen molar-refractivity contribution in [3.05, 3.63) is 59.2 Å². The van der Waals surface area contributed by atoms with Gasteiger partial charge in [-0.2, -0.15) is 13.2 Å². The van der Waals surface area contributed by atoms with Gasteiger partial charge in [-0.3, -0.25) is 4.79 Å². The molecule has 0 aromatic heterocycles. The van der Waals surface area contributed by atoms with Crippen molar-refractivity contribution in [3.63, 3.8) is 0 Å². The van der Waals surface area contributed by atoms with E-state index >= 15 is 0 Å². The van der Waals surface area contributed by atoms with Crippen LogP contribution in [0.25, 0.3) is 0 Å². The molecule has 0 radical (unpaired) electrons. The van der Waals surface area contributed by atoms with Crippen LogP contribution in [-0.2, 0) is 23.8 Å². The minimum absolute atomic E-state index is 0.00690. The van der Waals surface area contributed by atoms with E-state index in [1.807, 2.05) is 19.1 Å². The van der Waals surface area contributed by atoms with E-state index in [9.17, 15) is 26.7 Å². The minimum Gasteiger partial charge on any atom is -0.370 e. The summed E-state index contributed by atoms with van der Waals surface area (Å²) in [5, 5.41) is 2.58. The summed E-state index contributed by atoms with van der Waals surface area (Å²) in [5.74, 6) is -0.982. The molecule has 2 atom stereocenters. The summed E-state index contributed by atoms with van der Waals surface area (Å²) in [5.41, 5.74) is 2.27. The number of hydrogen-bond donors (Lipinski definition) is 1. The first-order valence-electron chi connectivity index (χ1n) is 12.3. The minimum atomic E-state index is -4.36. The first-order chi connectivity index (χ1) is 16.7. The second kappa shape index (κ2) is 12.4. The molecular weight excluding hydrogens is 463 g/mol. The molecule has 8 heteroatoms. The molecule has 192 valence electrons. The second-order valence-corrected chi connectivity index (χ2v) is 9.14. The molecule has 1 saturated heterocycles. The number of halogens is 5. The number of unbranched alkanes of at least 4 members (excludes halogenated alkanes) is 1. The number of anilines is 2. The Bertz CT molecular complexity index is 955. The third-order valence-corrected chi connectivity index (χ3v) is 6.40. The Morgan fingerprint density at radius 1 is 0.971 bits per heavy atom. The fourth-order valence-electron chi connectivity index (χ4n) is 4.30. The van der Waals surface area contributed by atoms with Crippen molar-refractivity contribution in [1.29, 1.82) is 0 Å². The van der Waals surface area contributed by atoms with Gasteiger partial charge in [0.1, 0.15) is 6.17 Å². The monoisotopic (exact) mass is 496 g/mol. The van der Waals surface area contributed by atoms with Gasteiger partial charge in [0.25, 0.3) is 5.91 Å². The molecule has 1 N–H and O–H groups in total. The lowest BCUT2D eigenvalue weighted by Gasteiger charge is -2.31. The number of carbonyl (C=O) groups is 1. The maximum Gasteiger partial charge on any atom is 0.416 e. The zero-order valence-corrected chi connectivity index (χ0v) is 20.0. The van der Waals surface area contributed by atoms with Crippen molar-refractivity contribution in [2.75, 3.05) is 23.3 Å². The number of hydrogen-bond acceptors (Lipinski definition) is 2. The van der Waals surface area contributed by atoms with E-state index in [2.05, 4.69) is 10.2 Å². The second-order valence-electron chi connectivity index (χ2n) is 9.14. The van der Waals surface area contributed by atoms with Gasteiger partial charge in [0.2, 0.25) is 6.17 Å². The van der Waals surface area contributed by atoms with Gasteiger partial charge in [-0.25, -0.2) is 8.78 Å². The van der Waals surface area contributed by atoms with E-state index in [0.29, 0.717) is 24.9 Å². The number of nitrogens with one attached hydrogen (secondary N) is 1. The van der Waals surface area contributed by atoms with E-state index in [-0.39, 0.29) is 6.42 Å². The molecular formula is C27H33F5N2O. The quantitative estimate of drug-likeness (QED) is 0.351.